The van der Waals surface area contributed by atoms with Crippen molar-refractivity contribution in [2.45, 2.75) is 6.42 Å². The number of nitrogens with zero attached hydrogens (tertiary/aromatic N) is 1. The second kappa shape index (κ2) is 5.89. The van der Waals surface area contributed by atoms with Gasteiger partial charge in [-0.15, -0.1) is 0 Å². The van der Waals surface area contributed by atoms with Gasteiger partial charge in [-0.2, -0.15) is 0 Å². The molecule has 0 heterocycles. The summed E-state index contributed by atoms with van der Waals surface area (Å²) in [4.78, 5) is 24.1. The number of likely N-dealkylation sites (N-methyl/N-ethyl adjacent to an activating group) is 1. The van der Waals surface area contributed by atoms with E-state index in [4.69, 9.17) is 5.73 Å². The maximum absolute atomic E-state index is 11.8. The van der Waals surface area contributed by atoms with Gasteiger partial charge in [-0.05, 0) is 17.7 Å². The Bertz CT molecular complexity index is 418. The third-order valence-corrected chi connectivity index (χ3v) is 2.33. The molecular formula is C12H16N2O3. The summed E-state index contributed by atoms with van der Waals surface area (Å²) in [6, 6.07) is 7.11. The highest BCUT2D eigenvalue weighted by Crippen LogP contribution is 2.08. The largest absolute Gasteiger partial charge is 0.468 e. The van der Waals surface area contributed by atoms with E-state index < -0.39 is 5.97 Å². The molecular weight excluding hydrogens is 220 g/mol. The van der Waals surface area contributed by atoms with Gasteiger partial charge < -0.3 is 15.4 Å². The van der Waals surface area contributed by atoms with E-state index in [1.54, 1.807) is 25.2 Å². The van der Waals surface area contributed by atoms with Crippen molar-refractivity contribution in [1.29, 1.82) is 0 Å². The molecule has 0 aliphatic heterocycles. The van der Waals surface area contributed by atoms with Crippen LogP contribution < -0.4 is 5.73 Å². The maximum Gasteiger partial charge on any atom is 0.325 e. The minimum absolute atomic E-state index is 0.0440. The quantitative estimate of drug-likeness (QED) is 0.608. The zero-order chi connectivity index (χ0) is 12.8. The van der Waals surface area contributed by atoms with Gasteiger partial charge in [0.15, 0.2) is 0 Å². The normalized spacial score (nSPS) is 9.76. The Hall–Kier alpha value is -2.04. The number of rotatable bonds is 4. The predicted molar refractivity (Wildman–Crippen MR) is 64.2 cm³/mol. The van der Waals surface area contributed by atoms with Gasteiger partial charge in [0, 0.05) is 12.7 Å². The first-order chi connectivity index (χ1) is 8.02. The Morgan fingerprint density at radius 1 is 1.41 bits per heavy atom. The van der Waals surface area contributed by atoms with Gasteiger partial charge in [0.1, 0.15) is 6.54 Å². The molecule has 1 aromatic carbocycles. The average Bonchev–Trinajstić information content (AvgIpc) is 2.28. The Kier molecular flexibility index (Phi) is 4.51. The Balaban J connectivity index is 2.57. The SMILES string of the molecule is COC(=O)CN(C)C(=O)Cc1cccc(N)c1. The number of benzene rings is 1. The maximum atomic E-state index is 11.8. The number of nitrogen functional groups attached to an aromatic ring is 1. The number of carbonyl (C=O) groups is 2. The molecule has 0 radical (unpaired) electrons. The summed E-state index contributed by atoms with van der Waals surface area (Å²) in [5, 5.41) is 0. The Labute approximate surface area is 100 Å². The van der Waals surface area contributed by atoms with E-state index in [1.807, 2.05) is 6.07 Å². The van der Waals surface area contributed by atoms with Crippen LogP contribution in [0.3, 0.4) is 0 Å². The van der Waals surface area contributed by atoms with Gasteiger partial charge in [0.25, 0.3) is 0 Å². The average molecular weight is 236 g/mol. The van der Waals surface area contributed by atoms with E-state index in [2.05, 4.69) is 4.74 Å². The van der Waals surface area contributed by atoms with Crippen molar-refractivity contribution < 1.29 is 14.3 Å². The van der Waals surface area contributed by atoms with Crippen LogP contribution in [-0.2, 0) is 20.7 Å². The van der Waals surface area contributed by atoms with Crippen molar-refractivity contribution in [2.24, 2.45) is 0 Å². The van der Waals surface area contributed by atoms with Crippen LogP contribution in [0.4, 0.5) is 5.69 Å². The molecule has 0 bridgehead atoms. The molecule has 17 heavy (non-hydrogen) atoms. The van der Waals surface area contributed by atoms with E-state index >= 15 is 0 Å². The summed E-state index contributed by atoms with van der Waals surface area (Å²) >= 11 is 0. The molecule has 0 saturated carbocycles. The Morgan fingerprint density at radius 3 is 2.71 bits per heavy atom. The first kappa shape index (κ1) is 13.0. The first-order valence-corrected chi connectivity index (χ1v) is 5.18. The predicted octanol–water partition coefficient (Wildman–Crippen LogP) is 0.443. The molecule has 0 fully saturated rings. The second-order valence-electron chi connectivity index (χ2n) is 3.75. The summed E-state index contributed by atoms with van der Waals surface area (Å²) < 4.78 is 4.49. The van der Waals surface area contributed by atoms with Crippen LogP contribution in [0.5, 0.6) is 0 Å². The summed E-state index contributed by atoms with van der Waals surface area (Å²) in [6.07, 6.45) is 0.221. The van der Waals surface area contributed by atoms with Gasteiger partial charge >= 0.3 is 5.97 Å². The van der Waals surface area contributed by atoms with Gasteiger partial charge in [0.05, 0.1) is 13.5 Å². The van der Waals surface area contributed by atoms with Crippen molar-refractivity contribution in [2.75, 3.05) is 26.4 Å². The van der Waals surface area contributed by atoms with Crippen LogP contribution in [0.1, 0.15) is 5.56 Å². The van der Waals surface area contributed by atoms with Gasteiger partial charge in [-0.25, -0.2) is 0 Å². The van der Waals surface area contributed by atoms with Crippen LogP contribution in [-0.4, -0.2) is 37.5 Å². The van der Waals surface area contributed by atoms with Crippen molar-refractivity contribution in [1.82, 2.24) is 4.90 Å². The van der Waals surface area contributed by atoms with Gasteiger partial charge in [-0.3, -0.25) is 9.59 Å². The molecule has 5 nitrogen and oxygen atoms in total. The summed E-state index contributed by atoms with van der Waals surface area (Å²) in [5.41, 5.74) is 7.06. The van der Waals surface area contributed by atoms with Crippen molar-refractivity contribution in [3.05, 3.63) is 29.8 Å². The Morgan fingerprint density at radius 2 is 2.12 bits per heavy atom. The van der Waals surface area contributed by atoms with E-state index in [0.29, 0.717) is 5.69 Å². The van der Waals surface area contributed by atoms with E-state index in [1.165, 1.54) is 12.0 Å². The monoisotopic (exact) mass is 236 g/mol. The third-order valence-electron chi connectivity index (χ3n) is 2.33. The van der Waals surface area contributed by atoms with Crippen LogP contribution in [0, 0.1) is 0 Å². The van der Waals surface area contributed by atoms with Crippen LogP contribution in [0.25, 0.3) is 0 Å². The standard InChI is InChI=1S/C12H16N2O3/c1-14(8-12(16)17-2)11(15)7-9-4-3-5-10(13)6-9/h3-6H,7-8,13H2,1-2H3. The van der Waals surface area contributed by atoms with Gasteiger partial charge in [0.2, 0.25) is 5.91 Å². The fourth-order valence-corrected chi connectivity index (χ4v) is 1.36. The molecule has 0 saturated heterocycles. The number of esters is 1. The van der Waals surface area contributed by atoms with Crippen LogP contribution in [0.15, 0.2) is 24.3 Å². The van der Waals surface area contributed by atoms with Gasteiger partial charge in [-0.1, -0.05) is 12.1 Å². The molecule has 1 aromatic rings. The topological polar surface area (TPSA) is 72.6 Å². The molecule has 1 amide bonds. The highest BCUT2D eigenvalue weighted by Gasteiger charge is 2.13. The number of anilines is 1. The van der Waals surface area contributed by atoms with Crippen molar-refractivity contribution in [3.8, 4) is 0 Å². The van der Waals surface area contributed by atoms with Crippen molar-refractivity contribution in [3.63, 3.8) is 0 Å². The fraction of sp³-hybridized carbons (Fsp3) is 0.333. The molecule has 92 valence electrons. The number of amides is 1. The third kappa shape index (κ3) is 4.14. The highest BCUT2D eigenvalue weighted by molar-refractivity contribution is 5.83. The summed E-state index contributed by atoms with van der Waals surface area (Å²) in [6.45, 7) is -0.0440. The van der Waals surface area contributed by atoms with E-state index in [9.17, 15) is 9.59 Å². The lowest BCUT2D eigenvalue weighted by molar-refractivity contribution is -0.145. The molecule has 0 aromatic heterocycles. The smallest absolute Gasteiger partial charge is 0.325 e. The van der Waals surface area contributed by atoms with Crippen molar-refractivity contribution >= 4 is 17.6 Å². The molecule has 0 atom stereocenters. The number of ether oxygens (including phenoxy) is 1. The lowest BCUT2D eigenvalue weighted by Crippen LogP contribution is -2.33. The molecule has 0 spiro atoms. The number of methoxy groups -OCH3 is 1. The van der Waals surface area contributed by atoms with Crippen LogP contribution in [0.2, 0.25) is 0 Å². The van der Waals surface area contributed by atoms with E-state index in [0.717, 1.165) is 5.56 Å². The lowest BCUT2D eigenvalue weighted by atomic mass is 10.1. The zero-order valence-corrected chi connectivity index (χ0v) is 9.97. The van der Waals surface area contributed by atoms with Crippen LogP contribution >= 0.6 is 0 Å². The number of carbonyl (C=O) groups excluding carboxylic acids is 2. The summed E-state index contributed by atoms with van der Waals surface area (Å²) in [5.74, 6) is -0.588. The molecule has 2 N–H and O–H groups in total. The molecule has 0 aliphatic carbocycles. The number of nitrogens with two attached hydrogens (primary N) is 1. The number of hydrogen-bond acceptors (Lipinski definition) is 4. The second-order valence-corrected chi connectivity index (χ2v) is 3.75. The highest BCUT2D eigenvalue weighted by atomic mass is 16.5. The lowest BCUT2D eigenvalue weighted by Gasteiger charge is -2.15. The molecule has 5 heteroatoms. The number of hydrogen-bond donors (Lipinski definition) is 1. The summed E-state index contributed by atoms with van der Waals surface area (Å²) in [7, 11) is 2.85. The minimum atomic E-state index is -0.437. The zero-order valence-electron chi connectivity index (χ0n) is 9.97. The molecule has 0 unspecified atom stereocenters. The molecule has 0 aliphatic rings. The first-order valence-electron chi connectivity index (χ1n) is 5.18. The minimum Gasteiger partial charge on any atom is -0.468 e. The molecule has 1 rings (SSSR count). The van der Waals surface area contributed by atoms with E-state index in [-0.39, 0.29) is 18.9 Å². The fourth-order valence-electron chi connectivity index (χ4n) is 1.36.